The van der Waals surface area contributed by atoms with Gasteiger partial charge < -0.3 is 24.3 Å². The summed E-state index contributed by atoms with van der Waals surface area (Å²) in [5.74, 6) is -3.44. The number of likely N-dealkylation sites (tertiary alicyclic amines) is 1. The van der Waals surface area contributed by atoms with Crippen molar-refractivity contribution in [2.75, 3.05) is 13.6 Å². The maximum atomic E-state index is 14.1. The summed E-state index contributed by atoms with van der Waals surface area (Å²) < 4.78 is 33.4. The molecule has 1 fully saturated rings. The van der Waals surface area contributed by atoms with E-state index in [-0.39, 0.29) is 29.6 Å². The predicted molar refractivity (Wildman–Crippen MR) is 110 cm³/mol. The topological polar surface area (TPSA) is 106 Å². The Labute approximate surface area is 183 Å². The smallest absolute Gasteiger partial charge is 0.274 e. The third-order valence-electron chi connectivity index (χ3n) is 5.19. The van der Waals surface area contributed by atoms with E-state index >= 15 is 0 Å². The van der Waals surface area contributed by atoms with Gasteiger partial charge in [-0.25, -0.2) is 8.78 Å². The zero-order valence-electron chi connectivity index (χ0n) is 18.2. The first kappa shape index (κ1) is 23.3. The fourth-order valence-electron chi connectivity index (χ4n) is 3.68. The van der Waals surface area contributed by atoms with Crippen LogP contribution in [0, 0.1) is 28.9 Å². The fraction of sp³-hybridized carbons (Fsp3) is 0.455. The van der Waals surface area contributed by atoms with Crippen LogP contribution in [0.4, 0.5) is 8.78 Å². The summed E-state index contributed by atoms with van der Waals surface area (Å²) in [5, 5.41) is 9.44. The van der Waals surface area contributed by atoms with E-state index in [1.54, 1.807) is 20.8 Å². The number of rotatable bonds is 5. The molecule has 3 atom stereocenters. The summed E-state index contributed by atoms with van der Waals surface area (Å²) in [6.07, 6.45) is -0.500. The Balaban J connectivity index is 1.94. The number of carbonyl (C=O) groups is 3. The van der Waals surface area contributed by atoms with Crippen molar-refractivity contribution in [3.63, 3.8) is 0 Å². The number of carbonyl (C=O) groups excluding carboxylic acids is 3. The number of benzene rings is 1. The number of aromatic nitrogens is 1. The number of aldehydes is 1. The lowest BCUT2D eigenvalue weighted by Gasteiger charge is -2.35. The van der Waals surface area contributed by atoms with Crippen LogP contribution in [0.25, 0.3) is 10.9 Å². The molecule has 0 aliphatic carbocycles. The van der Waals surface area contributed by atoms with Crippen LogP contribution in [-0.2, 0) is 14.3 Å². The molecule has 1 aliphatic rings. The first-order valence-corrected chi connectivity index (χ1v) is 10.0. The van der Waals surface area contributed by atoms with Crippen molar-refractivity contribution < 1.29 is 27.9 Å². The Hall–Kier alpha value is -3.32. The second-order valence-corrected chi connectivity index (χ2v) is 8.80. The number of hydrogen-bond acceptors (Lipinski definition) is 5. The van der Waals surface area contributed by atoms with E-state index in [0.29, 0.717) is 12.4 Å². The molecule has 2 heterocycles. The van der Waals surface area contributed by atoms with Crippen LogP contribution in [0.2, 0.25) is 0 Å². The van der Waals surface area contributed by atoms with Gasteiger partial charge in [0, 0.05) is 31.0 Å². The number of fused-ring (bicyclic) bond motifs is 1. The van der Waals surface area contributed by atoms with E-state index < -0.39 is 47.2 Å². The highest BCUT2D eigenvalue weighted by molar-refractivity contribution is 6.00. The van der Waals surface area contributed by atoms with Gasteiger partial charge in [0.15, 0.2) is 0 Å². The molecule has 1 saturated heterocycles. The first-order valence-electron chi connectivity index (χ1n) is 10.0. The van der Waals surface area contributed by atoms with Gasteiger partial charge in [0.2, 0.25) is 6.23 Å². The molecule has 0 saturated carbocycles. The summed E-state index contributed by atoms with van der Waals surface area (Å²) in [5.41, 5.74) is -0.806. The van der Waals surface area contributed by atoms with Gasteiger partial charge in [-0.05, 0) is 39.3 Å². The second-order valence-electron chi connectivity index (χ2n) is 8.80. The zero-order valence-corrected chi connectivity index (χ0v) is 18.2. The van der Waals surface area contributed by atoms with Crippen LogP contribution in [0.3, 0.4) is 0 Å². The van der Waals surface area contributed by atoms with E-state index in [1.165, 1.54) is 18.0 Å². The lowest BCUT2D eigenvalue weighted by Crippen LogP contribution is -2.54. The molecule has 10 heteroatoms. The van der Waals surface area contributed by atoms with Gasteiger partial charge in [-0.3, -0.25) is 9.59 Å². The number of hydrogen-bond donors (Lipinski definition) is 1. The normalized spacial score (nSPS) is 19.6. The maximum Gasteiger partial charge on any atom is 0.274 e. The summed E-state index contributed by atoms with van der Waals surface area (Å²) in [6.45, 7) is 5.15. The van der Waals surface area contributed by atoms with E-state index in [4.69, 9.17) is 4.74 Å². The van der Waals surface area contributed by atoms with Gasteiger partial charge >= 0.3 is 0 Å². The van der Waals surface area contributed by atoms with Crippen molar-refractivity contribution in [1.29, 1.82) is 5.26 Å². The van der Waals surface area contributed by atoms with Crippen LogP contribution >= 0.6 is 0 Å². The number of nitriles is 1. The number of H-pyrrole nitrogens is 1. The minimum Gasteiger partial charge on any atom is -0.350 e. The number of halogens is 2. The number of likely N-dealkylation sites (N-methyl/N-ethyl adjacent to an activating group) is 1. The molecule has 1 N–H and O–H groups in total. The van der Waals surface area contributed by atoms with Gasteiger partial charge in [-0.2, -0.15) is 5.26 Å². The summed E-state index contributed by atoms with van der Waals surface area (Å²) in [4.78, 5) is 42.6. The molecule has 0 bridgehead atoms. The zero-order chi connectivity index (χ0) is 23.8. The van der Waals surface area contributed by atoms with E-state index in [9.17, 15) is 28.4 Å². The first-order chi connectivity index (χ1) is 14.9. The Morgan fingerprint density at radius 1 is 1.34 bits per heavy atom. The largest absolute Gasteiger partial charge is 0.350 e. The highest BCUT2D eigenvalue weighted by Crippen LogP contribution is 2.26. The molecule has 170 valence electrons. The minimum absolute atomic E-state index is 0.0284. The van der Waals surface area contributed by atoms with Gasteiger partial charge in [0.25, 0.3) is 11.8 Å². The third kappa shape index (κ3) is 4.62. The molecule has 3 unspecified atom stereocenters. The molecule has 2 amide bonds. The Bertz CT molecular complexity index is 1100. The van der Waals surface area contributed by atoms with Crippen LogP contribution in [0.15, 0.2) is 18.2 Å². The fourth-order valence-corrected chi connectivity index (χ4v) is 3.68. The molecular formula is C22H24F2N4O4. The highest BCUT2D eigenvalue weighted by Gasteiger charge is 2.42. The molecule has 8 nitrogen and oxygen atoms in total. The Kier molecular flexibility index (Phi) is 6.32. The molecular weight excluding hydrogens is 422 g/mol. The number of aromatic amines is 1. The molecule has 32 heavy (non-hydrogen) atoms. The summed E-state index contributed by atoms with van der Waals surface area (Å²) in [6, 6.07) is 4.19. The second kappa shape index (κ2) is 8.67. The molecule has 1 aromatic carbocycles. The average molecular weight is 446 g/mol. The average Bonchev–Trinajstić information content (AvgIpc) is 3.33. The molecule has 3 rings (SSSR count). The maximum absolute atomic E-state index is 14.1. The van der Waals surface area contributed by atoms with Crippen LogP contribution < -0.4 is 0 Å². The molecule has 0 radical (unpaired) electrons. The highest BCUT2D eigenvalue weighted by atomic mass is 19.1. The summed E-state index contributed by atoms with van der Waals surface area (Å²) in [7, 11) is 1.34. The number of nitrogens with one attached hydrogen (secondary N) is 1. The van der Waals surface area contributed by atoms with E-state index in [1.807, 2.05) is 6.07 Å². The number of nitrogens with zero attached hydrogens (tertiary/aromatic N) is 3. The lowest BCUT2D eigenvalue weighted by atomic mass is 10.1. The van der Waals surface area contributed by atoms with Crippen molar-refractivity contribution in [3.05, 3.63) is 35.5 Å². The van der Waals surface area contributed by atoms with Crippen LogP contribution in [0.1, 0.15) is 37.7 Å². The van der Waals surface area contributed by atoms with Gasteiger partial charge in [-0.1, -0.05) is 0 Å². The van der Waals surface area contributed by atoms with Crippen molar-refractivity contribution in [2.24, 2.45) is 5.92 Å². The van der Waals surface area contributed by atoms with Crippen LogP contribution in [-0.4, -0.2) is 64.3 Å². The molecule has 1 aromatic heterocycles. The van der Waals surface area contributed by atoms with E-state index in [2.05, 4.69) is 4.98 Å². The third-order valence-corrected chi connectivity index (χ3v) is 5.19. The molecule has 2 aromatic rings. The van der Waals surface area contributed by atoms with Crippen molar-refractivity contribution in [2.45, 2.75) is 45.1 Å². The van der Waals surface area contributed by atoms with Gasteiger partial charge in [0.1, 0.15) is 29.7 Å². The quantitative estimate of drug-likeness (QED) is 0.561. The minimum atomic E-state index is -1.41. The van der Waals surface area contributed by atoms with Crippen LogP contribution in [0.5, 0.6) is 0 Å². The molecule has 1 aliphatic heterocycles. The number of ether oxygens (including phenoxy) is 1. The van der Waals surface area contributed by atoms with Gasteiger partial charge in [-0.15, -0.1) is 0 Å². The lowest BCUT2D eigenvalue weighted by molar-refractivity contribution is -0.168. The van der Waals surface area contributed by atoms with Gasteiger partial charge in [0.05, 0.1) is 17.2 Å². The predicted octanol–water partition coefficient (Wildman–Crippen LogP) is 2.60. The van der Waals surface area contributed by atoms with Crippen molar-refractivity contribution in [3.8, 4) is 6.07 Å². The van der Waals surface area contributed by atoms with E-state index in [0.717, 1.165) is 11.0 Å². The van der Waals surface area contributed by atoms with Crippen molar-refractivity contribution in [1.82, 2.24) is 14.8 Å². The Morgan fingerprint density at radius 2 is 2.03 bits per heavy atom. The number of amides is 2. The monoisotopic (exact) mass is 446 g/mol. The summed E-state index contributed by atoms with van der Waals surface area (Å²) >= 11 is 0. The van der Waals surface area contributed by atoms with Crippen molar-refractivity contribution >= 4 is 29.0 Å². The standard InChI is InChI=1S/C22H24F2N4O4/c1-22(2,3)32-21(20(31)28-10-12(11-29)5-14(28)9-25)27(4)19(30)18-8-15-16(24)6-13(23)7-17(15)26-18/h6-8,11-12,14,21,26H,5,10H2,1-4H3. The Morgan fingerprint density at radius 3 is 2.62 bits per heavy atom. The SMILES string of the molecule is CN(C(=O)c1cc2c(F)cc(F)cc2[nH]1)C(OC(C)(C)C)C(=O)N1CC(C=O)CC1C#N. The molecule has 0 spiro atoms.